The van der Waals surface area contributed by atoms with Crippen molar-refractivity contribution in [2.75, 3.05) is 6.61 Å². The second kappa shape index (κ2) is 3.83. The molecule has 0 radical (unpaired) electrons. The lowest BCUT2D eigenvalue weighted by Crippen LogP contribution is -2.28. The van der Waals surface area contributed by atoms with Gasteiger partial charge in [-0.2, -0.15) is 0 Å². The maximum absolute atomic E-state index is 8.66. The molecule has 0 amide bonds. The highest BCUT2D eigenvalue weighted by atomic mass is 16.3. The zero-order chi connectivity index (χ0) is 6.57. The highest BCUT2D eigenvalue weighted by molar-refractivity contribution is 4.61. The fourth-order valence-corrected chi connectivity index (χ4v) is 0.513. The topological polar surface area (TPSA) is 66.5 Å². The van der Waals surface area contributed by atoms with Gasteiger partial charge in [-0.05, 0) is 13.3 Å². The Morgan fingerprint density at radius 3 is 2.25 bits per heavy atom. The van der Waals surface area contributed by atoms with Crippen LogP contribution in [0.15, 0.2) is 0 Å². The predicted octanol–water partition coefficient (Wildman–Crippen LogP) is -0.923. The van der Waals surface area contributed by atoms with Crippen LogP contribution in [0, 0.1) is 0 Å². The zero-order valence-electron chi connectivity index (χ0n) is 5.04. The van der Waals surface area contributed by atoms with E-state index >= 15 is 0 Å². The quantitative estimate of drug-likeness (QED) is 0.450. The monoisotopic (exact) mass is 119 g/mol. The molecular weight excluding hydrogens is 106 g/mol. The summed E-state index contributed by atoms with van der Waals surface area (Å²) >= 11 is 0. The Hall–Kier alpha value is -0.120. The molecule has 0 aromatic carbocycles. The molecule has 0 fully saturated rings. The summed E-state index contributed by atoms with van der Waals surface area (Å²) < 4.78 is 0. The number of rotatable bonds is 3. The Bertz CT molecular complexity index is 56.4. The van der Waals surface area contributed by atoms with Gasteiger partial charge in [0.25, 0.3) is 0 Å². The Morgan fingerprint density at radius 1 is 1.62 bits per heavy atom. The molecule has 0 aromatic rings. The summed E-state index contributed by atoms with van der Waals surface area (Å²) in [5, 5.41) is 17.0. The van der Waals surface area contributed by atoms with Crippen molar-refractivity contribution in [1.82, 2.24) is 0 Å². The first-order valence-corrected chi connectivity index (χ1v) is 2.71. The van der Waals surface area contributed by atoms with Crippen LogP contribution in [0.4, 0.5) is 0 Å². The molecule has 0 bridgehead atoms. The van der Waals surface area contributed by atoms with E-state index in [1.165, 1.54) is 0 Å². The number of nitrogens with two attached hydrogens (primary N) is 1. The van der Waals surface area contributed by atoms with Gasteiger partial charge in [-0.15, -0.1) is 0 Å². The first-order valence-electron chi connectivity index (χ1n) is 2.71. The molecule has 0 aliphatic heterocycles. The summed E-state index contributed by atoms with van der Waals surface area (Å²) in [5.74, 6) is 0. The fourth-order valence-electron chi connectivity index (χ4n) is 0.513. The third kappa shape index (κ3) is 4.05. The molecule has 8 heavy (non-hydrogen) atoms. The molecule has 0 spiro atoms. The zero-order valence-corrected chi connectivity index (χ0v) is 5.04. The molecule has 3 nitrogen and oxygen atoms in total. The second-order valence-electron chi connectivity index (χ2n) is 2.03. The van der Waals surface area contributed by atoms with E-state index in [1.807, 2.05) is 0 Å². The van der Waals surface area contributed by atoms with Crippen LogP contribution in [-0.4, -0.2) is 29.0 Å². The van der Waals surface area contributed by atoms with Crippen LogP contribution in [-0.2, 0) is 0 Å². The molecule has 50 valence electrons. The second-order valence-corrected chi connectivity index (χ2v) is 2.03. The lowest BCUT2D eigenvalue weighted by Gasteiger charge is -2.08. The molecule has 3 heteroatoms. The van der Waals surface area contributed by atoms with Crippen LogP contribution in [0.2, 0.25) is 0 Å². The van der Waals surface area contributed by atoms with Crippen LogP contribution in [0.1, 0.15) is 13.3 Å². The van der Waals surface area contributed by atoms with Crippen molar-refractivity contribution < 1.29 is 10.2 Å². The van der Waals surface area contributed by atoms with Gasteiger partial charge in [0.15, 0.2) is 0 Å². The lowest BCUT2D eigenvalue weighted by molar-refractivity contribution is 0.154. The van der Waals surface area contributed by atoms with Crippen molar-refractivity contribution in [3.8, 4) is 0 Å². The molecule has 0 aliphatic carbocycles. The van der Waals surface area contributed by atoms with Crippen molar-refractivity contribution in [1.29, 1.82) is 0 Å². The first-order chi connectivity index (χ1) is 3.66. The third-order valence-electron chi connectivity index (χ3n) is 0.878. The highest BCUT2D eigenvalue weighted by Gasteiger charge is 2.02. The highest BCUT2D eigenvalue weighted by Crippen LogP contribution is 1.91. The van der Waals surface area contributed by atoms with Crippen molar-refractivity contribution in [3.63, 3.8) is 0 Å². The standard InChI is InChI=1S/C5H13NO2/c1-4(8)2-5(6)3-7/h4-5,7-8H,2-3,6H2,1H3/t4-,5+/m0/s1. The summed E-state index contributed by atoms with van der Waals surface area (Å²) in [6.45, 7) is 1.60. The van der Waals surface area contributed by atoms with Gasteiger partial charge in [0, 0.05) is 6.04 Å². The molecule has 0 saturated heterocycles. The van der Waals surface area contributed by atoms with Crippen LogP contribution >= 0.6 is 0 Å². The smallest absolute Gasteiger partial charge is 0.0583 e. The SMILES string of the molecule is C[C@H](O)C[C@@H](N)CO. The number of hydrogen-bond donors (Lipinski definition) is 3. The Balaban J connectivity index is 3.10. The molecule has 4 N–H and O–H groups in total. The maximum atomic E-state index is 8.66. The summed E-state index contributed by atoms with van der Waals surface area (Å²) in [6, 6.07) is -0.269. The molecule has 2 atom stereocenters. The van der Waals surface area contributed by atoms with Gasteiger partial charge < -0.3 is 15.9 Å². The summed E-state index contributed by atoms with van der Waals surface area (Å²) in [6.07, 6.45) is 0.0633. The molecule has 0 aliphatic rings. The van der Waals surface area contributed by atoms with Gasteiger partial charge in [-0.1, -0.05) is 0 Å². The molecule has 0 rings (SSSR count). The summed E-state index contributed by atoms with van der Waals surface area (Å²) in [7, 11) is 0. The van der Waals surface area contributed by atoms with Gasteiger partial charge in [0.05, 0.1) is 12.7 Å². The van der Waals surface area contributed by atoms with Crippen LogP contribution in [0.3, 0.4) is 0 Å². The van der Waals surface area contributed by atoms with Gasteiger partial charge in [0.1, 0.15) is 0 Å². The Kier molecular flexibility index (Phi) is 3.77. The average molecular weight is 119 g/mol. The maximum Gasteiger partial charge on any atom is 0.0583 e. The van der Waals surface area contributed by atoms with Crippen LogP contribution < -0.4 is 5.73 Å². The predicted molar refractivity (Wildman–Crippen MR) is 31.4 cm³/mol. The Labute approximate surface area is 49.1 Å². The van der Waals surface area contributed by atoms with E-state index in [1.54, 1.807) is 6.92 Å². The van der Waals surface area contributed by atoms with Crippen molar-refractivity contribution in [2.45, 2.75) is 25.5 Å². The number of aliphatic hydroxyl groups is 2. The van der Waals surface area contributed by atoms with E-state index in [9.17, 15) is 0 Å². The molecular formula is C5H13NO2. The third-order valence-corrected chi connectivity index (χ3v) is 0.878. The van der Waals surface area contributed by atoms with Gasteiger partial charge in [-0.3, -0.25) is 0 Å². The van der Waals surface area contributed by atoms with Gasteiger partial charge >= 0.3 is 0 Å². The van der Waals surface area contributed by atoms with E-state index in [0.717, 1.165) is 0 Å². The Morgan fingerprint density at radius 2 is 2.12 bits per heavy atom. The minimum absolute atomic E-state index is 0.0507. The summed E-state index contributed by atoms with van der Waals surface area (Å²) in [4.78, 5) is 0. The summed E-state index contributed by atoms with van der Waals surface area (Å²) in [5.41, 5.74) is 5.26. The molecule has 0 unspecified atom stereocenters. The van der Waals surface area contributed by atoms with E-state index in [2.05, 4.69) is 0 Å². The fraction of sp³-hybridized carbons (Fsp3) is 1.00. The van der Waals surface area contributed by atoms with Crippen molar-refractivity contribution in [3.05, 3.63) is 0 Å². The molecule has 0 heterocycles. The van der Waals surface area contributed by atoms with E-state index in [0.29, 0.717) is 6.42 Å². The van der Waals surface area contributed by atoms with E-state index < -0.39 is 6.10 Å². The normalized spacial score (nSPS) is 18.0. The van der Waals surface area contributed by atoms with Gasteiger partial charge in [-0.25, -0.2) is 0 Å². The number of aliphatic hydroxyl groups excluding tert-OH is 2. The first kappa shape index (κ1) is 7.88. The van der Waals surface area contributed by atoms with Crippen molar-refractivity contribution in [2.24, 2.45) is 5.73 Å². The molecule has 0 aromatic heterocycles. The van der Waals surface area contributed by atoms with Gasteiger partial charge in [0.2, 0.25) is 0 Å². The largest absolute Gasteiger partial charge is 0.395 e. The minimum Gasteiger partial charge on any atom is -0.395 e. The molecule has 0 saturated carbocycles. The van der Waals surface area contributed by atoms with Crippen LogP contribution in [0.5, 0.6) is 0 Å². The van der Waals surface area contributed by atoms with Crippen molar-refractivity contribution >= 4 is 0 Å². The van der Waals surface area contributed by atoms with E-state index in [4.69, 9.17) is 15.9 Å². The minimum atomic E-state index is -0.405. The lowest BCUT2D eigenvalue weighted by atomic mass is 10.2. The van der Waals surface area contributed by atoms with Crippen LogP contribution in [0.25, 0.3) is 0 Å². The number of hydrogen-bond acceptors (Lipinski definition) is 3. The van der Waals surface area contributed by atoms with E-state index in [-0.39, 0.29) is 12.6 Å². The average Bonchev–Trinajstić information content (AvgIpc) is 1.65.